The lowest BCUT2D eigenvalue weighted by Crippen LogP contribution is -3.00. The average molecular weight is 612 g/mol. The normalized spacial score (nSPS) is 11.0. The molecule has 0 heterocycles. The molecule has 6 nitrogen and oxygen atoms in total. The molecule has 0 aliphatic rings. The summed E-state index contributed by atoms with van der Waals surface area (Å²) >= 11 is 0. The van der Waals surface area contributed by atoms with Gasteiger partial charge in [-0.2, -0.15) is 0 Å². The van der Waals surface area contributed by atoms with Crippen molar-refractivity contribution in [2.45, 2.75) is 26.9 Å². The van der Waals surface area contributed by atoms with Crippen LogP contribution >= 0.6 is 7.26 Å². The van der Waals surface area contributed by atoms with Gasteiger partial charge in [0.1, 0.15) is 23.2 Å². The average Bonchev–Trinajstić information content (AvgIpc) is 2.82. The first kappa shape index (κ1) is 27.4. The summed E-state index contributed by atoms with van der Waals surface area (Å²) in [5, 5.41) is 26.6. The van der Waals surface area contributed by atoms with Gasteiger partial charge in [0.15, 0.2) is 0 Å². The van der Waals surface area contributed by atoms with Crippen molar-refractivity contribution in [1.29, 1.82) is 0 Å². The van der Waals surface area contributed by atoms with Gasteiger partial charge < -0.3 is 24.0 Å². The summed E-state index contributed by atoms with van der Waals surface area (Å²) in [6, 6.07) is 29.0. The smallest absolute Gasteiger partial charge is 0.276 e. The number of nitrogens with zero attached hydrogens (tertiary/aromatic N) is 2. The molecule has 36 heavy (non-hydrogen) atoms. The van der Waals surface area contributed by atoms with E-state index in [-0.39, 0.29) is 35.4 Å². The summed E-state index contributed by atoms with van der Waals surface area (Å²) in [5.74, 6) is 0. The van der Waals surface area contributed by atoms with E-state index in [4.69, 9.17) is 0 Å². The molecule has 4 aromatic carbocycles. The van der Waals surface area contributed by atoms with E-state index in [2.05, 4.69) is 36.4 Å². The van der Waals surface area contributed by atoms with Crippen LogP contribution in [0.3, 0.4) is 0 Å². The van der Waals surface area contributed by atoms with Crippen LogP contribution in [0, 0.1) is 41.0 Å². The van der Waals surface area contributed by atoms with Gasteiger partial charge in [-0.1, -0.05) is 36.4 Å². The molecule has 0 N–H and O–H groups in total. The van der Waals surface area contributed by atoms with Crippen LogP contribution < -0.4 is 39.9 Å². The number of non-ortho nitro benzene ring substituents is 2. The van der Waals surface area contributed by atoms with E-state index >= 15 is 0 Å². The number of halogens is 1. The Kier molecular flexibility index (Phi) is 8.59. The number of nitro benzene ring substituents is 2. The van der Waals surface area contributed by atoms with Crippen LogP contribution in [0.15, 0.2) is 91.0 Å². The Morgan fingerprint density at radius 2 is 0.972 bits per heavy atom. The maximum Gasteiger partial charge on any atom is 0.276 e. The molecule has 0 bridgehead atoms. The molecule has 0 spiro atoms. The molecule has 0 unspecified atom stereocenters. The molecule has 4 aromatic rings. The zero-order valence-corrected chi connectivity index (χ0v) is 23.3. The van der Waals surface area contributed by atoms with Crippen LogP contribution in [0.25, 0.3) is 0 Å². The fraction of sp³-hybridized carbons (Fsp3) is 0.143. The standard InChI is InChI=1S/C28H26N2O4P.HI/c1-20-7-4-10-26(13-20)35(27-11-5-8-21(2)14-27,28-12-6-9-22(3)15-28)19-23-16-24(29(31)32)18-25(17-23)30(33)34;/h4-18H,19H2,1-3H3;1H/q+1;/p-1. The molecule has 0 aliphatic carbocycles. The number of rotatable bonds is 7. The Balaban J connectivity index is 0.00000361. The lowest BCUT2D eigenvalue weighted by atomic mass is 10.2. The topological polar surface area (TPSA) is 86.3 Å². The highest BCUT2D eigenvalue weighted by atomic mass is 127. The highest BCUT2D eigenvalue weighted by molar-refractivity contribution is 7.95. The highest BCUT2D eigenvalue weighted by Gasteiger charge is 2.46. The van der Waals surface area contributed by atoms with E-state index in [1.807, 2.05) is 57.2 Å². The SMILES string of the molecule is Cc1cccc([P+](Cc2cc([N+](=O)[O-])cc([N+](=O)[O-])c2)(c2cccc(C)c2)c2cccc(C)c2)c1.[I-]. The van der Waals surface area contributed by atoms with Gasteiger partial charge in [-0.3, -0.25) is 20.2 Å². The van der Waals surface area contributed by atoms with Crippen LogP contribution in [0.4, 0.5) is 11.4 Å². The van der Waals surface area contributed by atoms with Gasteiger partial charge in [0.25, 0.3) is 11.4 Å². The molecule has 0 amide bonds. The summed E-state index contributed by atoms with van der Waals surface area (Å²) in [7, 11) is -2.40. The molecule has 0 atom stereocenters. The van der Waals surface area contributed by atoms with Crippen LogP contribution in [0.2, 0.25) is 0 Å². The van der Waals surface area contributed by atoms with Crippen molar-refractivity contribution in [3.8, 4) is 0 Å². The fourth-order valence-electron chi connectivity index (χ4n) is 4.55. The molecule has 0 aromatic heterocycles. The Morgan fingerprint density at radius 1 is 0.611 bits per heavy atom. The van der Waals surface area contributed by atoms with Gasteiger partial charge in [-0.25, -0.2) is 0 Å². The van der Waals surface area contributed by atoms with Gasteiger partial charge >= 0.3 is 0 Å². The summed E-state index contributed by atoms with van der Waals surface area (Å²) in [6.45, 7) is 6.13. The number of hydrogen-bond donors (Lipinski definition) is 0. The third-order valence-electron chi connectivity index (χ3n) is 6.13. The Labute approximate surface area is 228 Å². The van der Waals surface area contributed by atoms with Gasteiger partial charge in [-0.05, 0) is 73.9 Å². The van der Waals surface area contributed by atoms with E-state index in [0.29, 0.717) is 11.7 Å². The number of nitro groups is 2. The summed E-state index contributed by atoms with van der Waals surface area (Å²) in [6.07, 6.45) is 0.423. The third kappa shape index (κ3) is 5.63. The number of hydrogen-bond acceptors (Lipinski definition) is 4. The lowest BCUT2D eigenvalue weighted by molar-refractivity contribution is -0.394. The van der Waals surface area contributed by atoms with Crippen molar-refractivity contribution < 1.29 is 33.8 Å². The maximum atomic E-state index is 11.6. The van der Waals surface area contributed by atoms with E-state index in [1.165, 1.54) is 12.1 Å². The second-order valence-electron chi connectivity index (χ2n) is 8.86. The highest BCUT2D eigenvalue weighted by Crippen LogP contribution is 2.58. The van der Waals surface area contributed by atoms with Crippen molar-refractivity contribution in [1.82, 2.24) is 0 Å². The van der Waals surface area contributed by atoms with Crippen molar-refractivity contribution >= 4 is 34.6 Å². The summed E-state index contributed by atoms with van der Waals surface area (Å²) in [4.78, 5) is 22.1. The molecular weight excluding hydrogens is 586 g/mol. The molecule has 184 valence electrons. The van der Waals surface area contributed by atoms with Crippen LogP contribution in [-0.2, 0) is 6.16 Å². The Bertz CT molecular complexity index is 1300. The van der Waals surface area contributed by atoms with Gasteiger partial charge in [0, 0.05) is 17.7 Å². The molecule has 0 fully saturated rings. The second kappa shape index (κ2) is 11.3. The maximum absolute atomic E-state index is 11.6. The van der Waals surface area contributed by atoms with Crippen molar-refractivity contribution in [3.63, 3.8) is 0 Å². The van der Waals surface area contributed by atoms with Crippen LogP contribution in [0.5, 0.6) is 0 Å². The first-order chi connectivity index (χ1) is 16.7. The Hall–Kier alpha value is -3.16. The minimum atomic E-state index is -2.40. The van der Waals surface area contributed by atoms with Crippen molar-refractivity contribution in [2.24, 2.45) is 0 Å². The zero-order chi connectivity index (χ0) is 25.2. The van der Waals surface area contributed by atoms with Crippen molar-refractivity contribution in [2.75, 3.05) is 0 Å². The molecule has 0 aliphatic heterocycles. The van der Waals surface area contributed by atoms with E-state index in [1.54, 1.807) is 0 Å². The Morgan fingerprint density at radius 3 is 1.28 bits per heavy atom. The lowest BCUT2D eigenvalue weighted by Gasteiger charge is -2.28. The largest absolute Gasteiger partial charge is 1.00 e. The van der Waals surface area contributed by atoms with Gasteiger partial charge in [0.05, 0.1) is 22.1 Å². The fourth-order valence-corrected chi connectivity index (χ4v) is 9.02. The molecule has 8 heteroatoms. The van der Waals surface area contributed by atoms with Gasteiger partial charge in [-0.15, -0.1) is 0 Å². The second-order valence-corrected chi connectivity index (χ2v) is 12.3. The first-order valence-corrected chi connectivity index (χ1v) is 13.2. The summed E-state index contributed by atoms with van der Waals surface area (Å²) < 4.78 is 0. The molecule has 0 saturated heterocycles. The summed E-state index contributed by atoms with van der Waals surface area (Å²) in [5.41, 5.74) is 3.35. The van der Waals surface area contributed by atoms with Crippen molar-refractivity contribution in [3.05, 3.63) is 133 Å². The predicted octanol–water partition coefficient (Wildman–Crippen LogP) is 2.93. The predicted molar refractivity (Wildman–Crippen MR) is 143 cm³/mol. The molecule has 0 radical (unpaired) electrons. The van der Waals surface area contributed by atoms with E-state index < -0.39 is 17.1 Å². The number of benzene rings is 4. The monoisotopic (exact) mass is 612 g/mol. The van der Waals surface area contributed by atoms with E-state index in [9.17, 15) is 20.2 Å². The number of aryl methyl sites for hydroxylation is 3. The quantitative estimate of drug-likeness (QED) is 0.139. The minimum absolute atomic E-state index is 0. The van der Waals surface area contributed by atoms with Crippen LogP contribution in [-0.4, -0.2) is 9.85 Å². The molecule has 0 saturated carbocycles. The zero-order valence-electron chi connectivity index (χ0n) is 20.2. The van der Waals surface area contributed by atoms with E-state index in [0.717, 1.165) is 38.7 Å². The van der Waals surface area contributed by atoms with Gasteiger partial charge in [0.2, 0.25) is 0 Å². The minimum Gasteiger partial charge on any atom is -1.00 e. The molecule has 4 rings (SSSR count). The molecular formula is C28H26IN2O4P. The first-order valence-electron chi connectivity index (χ1n) is 11.2. The van der Waals surface area contributed by atoms with Crippen LogP contribution in [0.1, 0.15) is 22.3 Å². The third-order valence-corrected chi connectivity index (χ3v) is 10.4.